The first-order valence-electron chi connectivity index (χ1n) is 7.54. The third kappa shape index (κ3) is 2.83. The highest BCUT2D eigenvalue weighted by molar-refractivity contribution is 6.23. The summed E-state index contributed by atoms with van der Waals surface area (Å²) in [6.07, 6.45) is 0.0823. The van der Waals surface area contributed by atoms with Crippen LogP contribution in [0.25, 0.3) is 0 Å². The minimum Gasteiger partial charge on any atom is -0.494 e. The second kappa shape index (κ2) is 6.54. The van der Waals surface area contributed by atoms with Gasteiger partial charge in [-0.25, -0.2) is 4.90 Å². The van der Waals surface area contributed by atoms with E-state index in [-0.39, 0.29) is 35.4 Å². The number of benzene rings is 1. The van der Waals surface area contributed by atoms with Crippen LogP contribution in [0.15, 0.2) is 18.2 Å². The summed E-state index contributed by atoms with van der Waals surface area (Å²) in [6, 6.07) is 3.30. The predicted octanol–water partition coefficient (Wildman–Crippen LogP) is 0.567. The number of amides is 2. The largest absolute Gasteiger partial charge is 0.494 e. The van der Waals surface area contributed by atoms with Crippen LogP contribution in [0.2, 0.25) is 0 Å². The van der Waals surface area contributed by atoms with E-state index < -0.39 is 11.0 Å². The summed E-state index contributed by atoms with van der Waals surface area (Å²) in [5.41, 5.74) is 0.0632. The Bertz CT molecular complexity index is 686. The number of imide groups is 1. The number of methoxy groups -OCH3 is 1. The molecule has 3 rings (SSSR count). The maximum atomic E-state index is 12.7. The van der Waals surface area contributed by atoms with Crippen LogP contribution in [-0.2, 0) is 14.3 Å². The highest BCUT2D eigenvalue weighted by Gasteiger charge is 2.44. The van der Waals surface area contributed by atoms with Crippen molar-refractivity contribution in [1.29, 1.82) is 0 Å². The SMILES string of the molecule is COc1cc([N+](=O)[O-])ccc1N1C(=O)CC(N2CCOCC2)C1=O. The van der Waals surface area contributed by atoms with E-state index in [4.69, 9.17) is 9.47 Å². The maximum absolute atomic E-state index is 12.7. The molecule has 0 aromatic heterocycles. The highest BCUT2D eigenvalue weighted by Crippen LogP contribution is 2.36. The predicted molar refractivity (Wildman–Crippen MR) is 82.9 cm³/mol. The van der Waals surface area contributed by atoms with Crippen molar-refractivity contribution in [2.24, 2.45) is 0 Å². The van der Waals surface area contributed by atoms with Crippen LogP contribution in [0.4, 0.5) is 11.4 Å². The topological polar surface area (TPSA) is 102 Å². The van der Waals surface area contributed by atoms with Gasteiger partial charge in [0.05, 0.1) is 49.5 Å². The lowest BCUT2D eigenvalue weighted by molar-refractivity contribution is -0.384. The molecule has 1 aromatic rings. The molecule has 0 saturated carbocycles. The average Bonchev–Trinajstić information content (AvgIpc) is 2.89. The molecule has 0 spiro atoms. The number of ether oxygens (including phenoxy) is 2. The van der Waals surface area contributed by atoms with Gasteiger partial charge >= 0.3 is 0 Å². The number of rotatable bonds is 4. The summed E-state index contributed by atoms with van der Waals surface area (Å²) in [5, 5.41) is 10.9. The molecule has 128 valence electrons. The van der Waals surface area contributed by atoms with Crippen LogP contribution in [0, 0.1) is 10.1 Å². The lowest BCUT2D eigenvalue weighted by atomic mass is 10.2. The third-order valence-corrected chi connectivity index (χ3v) is 4.22. The molecule has 2 amide bonds. The molecular weight excluding hydrogens is 318 g/mol. The molecule has 0 radical (unpaired) electrons. The number of non-ortho nitro benzene ring substituents is 1. The van der Waals surface area contributed by atoms with Gasteiger partial charge in [-0.1, -0.05) is 0 Å². The Morgan fingerprint density at radius 2 is 2.00 bits per heavy atom. The minimum absolute atomic E-state index is 0.0823. The van der Waals surface area contributed by atoms with E-state index in [2.05, 4.69) is 0 Å². The number of hydrogen-bond donors (Lipinski definition) is 0. The van der Waals surface area contributed by atoms with Crippen LogP contribution < -0.4 is 9.64 Å². The van der Waals surface area contributed by atoms with E-state index in [0.29, 0.717) is 26.3 Å². The Morgan fingerprint density at radius 1 is 1.29 bits per heavy atom. The molecule has 9 nitrogen and oxygen atoms in total. The van der Waals surface area contributed by atoms with Crippen molar-refractivity contribution in [3.63, 3.8) is 0 Å². The second-order valence-corrected chi connectivity index (χ2v) is 5.55. The van der Waals surface area contributed by atoms with Crippen molar-refractivity contribution in [3.8, 4) is 5.75 Å². The smallest absolute Gasteiger partial charge is 0.273 e. The lowest BCUT2D eigenvalue weighted by Gasteiger charge is -2.30. The number of nitro groups is 1. The molecule has 2 aliphatic rings. The molecule has 9 heteroatoms. The molecular formula is C15H17N3O6. The van der Waals surface area contributed by atoms with E-state index in [9.17, 15) is 19.7 Å². The van der Waals surface area contributed by atoms with Crippen molar-refractivity contribution in [2.75, 3.05) is 38.3 Å². The summed E-state index contributed by atoms with van der Waals surface area (Å²) in [5.74, 6) is -0.564. The summed E-state index contributed by atoms with van der Waals surface area (Å²) in [7, 11) is 1.34. The van der Waals surface area contributed by atoms with E-state index in [1.807, 2.05) is 4.90 Å². The lowest BCUT2D eigenvalue weighted by Crippen LogP contribution is -2.47. The number of carbonyl (C=O) groups is 2. The first-order valence-corrected chi connectivity index (χ1v) is 7.54. The zero-order valence-corrected chi connectivity index (χ0v) is 13.1. The van der Waals surface area contributed by atoms with Gasteiger partial charge in [-0.3, -0.25) is 24.6 Å². The summed E-state index contributed by atoms with van der Waals surface area (Å²) in [6.45, 7) is 2.24. The van der Waals surface area contributed by atoms with E-state index in [1.165, 1.54) is 25.3 Å². The van der Waals surface area contributed by atoms with Gasteiger partial charge in [0, 0.05) is 19.2 Å². The Labute approximate surface area is 137 Å². The summed E-state index contributed by atoms with van der Waals surface area (Å²) < 4.78 is 10.4. The fraction of sp³-hybridized carbons (Fsp3) is 0.467. The molecule has 2 fully saturated rings. The first-order chi connectivity index (χ1) is 11.5. The number of hydrogen-bond acceptors (Lipinski definition) is 7. The van der Waals surface area contributed by atoms with Gasteiger partial charge in [0.1, 0.15) is 5.75 Å². The van der Waals surface area contributed by atoms with Crippen LogP contribution in [0.3, 0.4) is 0 Å². The van der Waals surface area contributed by atoms with E-state index in [1.54, 1.807) is 0 Å². The number of carbonyl (C=O) groups excluding carboxylic acids is 2. The van der Waals surface area contributed by atoms with Crippen molar-refractivity contribution in [3.05, 3.63) is 28.3 Å². The van der Waals surface area contributed by atoms with Crippen LogP contribution in [0.1, 0.15) is 6.42 Å². The quantitative estimate of drug-likeness (QED) is 0.450. The van der Waals surface area contributed by atoms with E-state index >= 15 is 0 Å². The monoisotopic (exact) mass is 335 g/mol. The second-order valence-electron chi connectivity index (χ2n) is 5.55. The van der Waals surface area contributed by atoms with Crippen molar-refractivity contribution in [1.82, 2.24) is 4.90 Å². The number of nitro benzene ring substituents is 1. The van der Waals surface area contributed by atoms with Gasteiger partial charge in [-0.2, -0.15) is 0 Å². The third-order valence-electron chi connectivity index (χ3n) is 4.22. The zero-order valence-electron chi connectivity index (χ0n) is 13.1. The fourth-order valence-electron chi connectivity index (χ4n) is 3.01. The molecule has 1 aromatic carbocycles. The van der Waals surface area contributed by atoms with Gasteiger partial charge < -0.3 is 9.47 Å². The Kier molecular flexibility index (Phi) is 4.45. The number of nitrogens with zero attached hydrogens (tertiary/aromatic N) is 3. The molecule has 2 saturated heterocycles. The Hall–Kier alpha value is -2.52. The number of morpholine rings is 1. The Morgan fingerprint density at radius 3 is 2.62 bits per heavy atom. The van der Waals surface area contributed by atoms with Gasteiger partial charge in [0.2, 0.25) is 5.91 Å². The molecule has 0 N–H and O–H groups in total. The average molecular weight is 335 g/mol. The molecule has 0 aliphatic carbocycles. The van der Waals surface area contributed by atoms with Crippen molar-refractivity contribution in [2.45, 2.75) is 12.5 Å². The molecule has 1 unspecified atom stereocenters. The molecule has 0 bridgehead atoms. The molecule has 1 atom stereocenters. The molecule has 24 heavy (non-hydrogen) atoms. The van der Waals surface area contributed by atoms with Crippen LogP contribution >= 0.6 is 0 Å². The summed E-state index contributed by atoms with van der Waals surface area (Å²) in [4.78, 5) is 38.4. The normalized spacial score (nSPS) is 22.0. The van der Waals surface area contributed by atoms with Crippen LogP contribution in [0.5, 0.6) is 5.75 Å². The van der Waals surface area contributed by atoms with Gasteiger partial charge in [-0.15, -0.1) is 0 Å². The zero-order chi connectivity index (χ0) is 17.3. The van der Waals surface area contributed by atoms with Gasteiger partial charge in [0.15, 0.2) is 0 Å². The Balaban J connectivity index is 1.90. The van der Waals surface area contributed by atoms with Crippen LogP contribution in [-0.4, -0.2) is 61.1 Å². The highest BCUT2D eigenvalue weighted by atomic mass is 16.6. The maximum Gasteiger partial charge on any atom is 0.273 e. The standard InChI is InChI=1S/C15H17N3O6/c1-23-13-8-10(18(21)22)2-3-11(13)17-14(19)9-12(15(17)20)16-4-6-24-7-5-16/h2-3,8,12H,4-7,9H2,1H3. The van der Waals surface area contributed by atoms with Crippen molar-refractivity contribution < 1.29 is 24.0 Å². The van der Waals surface area contributed by atoms with Gasteiger partial charge in [-0.05, 0) is 6.07 Å². The van der Waals surface area contributed by atoms with Gasteiger partial charge in [0.25, 0.3) is 11.6 Å². The van der Waals surface area contributed by atoms with Crippen molar-refractivity contribution >= 4 is 23.2 Å². The molecule has 2 heterocycles. The minimum atomic E-state index is -0.559. The first kappa shape index (κ1) is 16.3. The van der Waals surface area contributed by atoms with E-state index in [0.717, 1.165) is 4.90 Å². The molecule has 2 aliphatic heterocycles. The summed E-state index contributed by atoms with van der Waals surface area (Å²) >= 11 is 0. The fourth-order valence-corrected chi connectivity index (χ4v) is 3.01. The number of anilines is 1.